The Morgan fingerprint density at radius 3 is 2.55 bits per heavy atom. The van der Waals surface area contributed by atoms with E-state index in [0.717, 1.165) is 24.3 Å². The molecule has 1 aromatic carbocycles. The molecule has 0 unspecified atom stereocenters. The predicted octanol–water partition coefficient (Wildman–Crippen LogP) is 4.03. The molecule has 0 aliphatic heterocycles. The van der Waals surface area contributed by atoms with Gasteiger partial charge in [0.05, 0.1) is 17.2 Å². The molecule has 1 aromatic rings. The fourth-order valence-electron chi connectivity index (χ4n) is 1.60. The molecule has 0 radical (unpaired) electrons. The Morgan fingerprint density at radius 2 is 2.00 bits per heavy atom. The van der Waals surface area contributed by atoms with Gasteiger partial charge < -0.3 is 14.8 Å². The molecule has 0 spiro atoms. The second kappa shape index (κ2) is 7.87. The van der Waals surface area contributed by atoms with Crippen LogP contribution in [-0.2, 0) is 11.3 Å². The summed E-state index contributed by atoms with van der Waals surface area (Å²) in [5.74, 6) is 0.729. The zero-order chi connectivity index (χ0) is 15.2. The lowest BCUT2D eigenvalue weighted by atomic mass is 10.1. The van der Waals surface area contributed by atoms with Crippen molar-refractivity contribution in [2.75, 3.05) is 13.7 Å². The maximum atomic E-state index is 6.24. The number of methoxy groups -OCH3 is 1. The van der Waals surface area contributed by atoms with Crippen LogP contribution >= 0.6 is 11.6 Å². The van der Waals surface area contributed by atoms with Crippen LogP contribution in [0.3, 0.4) is 0 Å². The summed E-state index contributed by atoms with van der Waals surface area (Å²) in [7, 11) is 1.71. The van der Waals surface area contributed by atoms with E-state index in [1.807, 2.05) is 32.0 Å². The molecular formula is C16H26ClNO2. The number of hydrogen-bond donors (Lipinski definition) is 1. The highest BCUT2D eigenvalue weighted by Gasteiger charge is 2.16. The Balaban J connectivity index is 2.51. The molecule has 1 rings (SSSR count). The summed E-state index contributed by atoms with van der Waals surface area (Å²) in [5.41, 5.74) is 0.987. The van der Waals surface area contributed by atoms with Crippen LogP contribution in [0.15, 0.2) is 18.2 Å². The van der Waals surface area contributed by atoms with Gasteiger partial charge in [0.2, 0.25) is 0 Å². The first-order valence-corrected chi connectivity index (χ1v) is 7.41. The SMILES string of the molecule is COC(C)(C)CCOc1ccc(CNC(C)C)cc1Cl. The fraction of sp³-hybridized carbons (Fsp3) is 0.625. The molecule has 114 valence electrons. The zero-order valence-electron chi connectivity index (χ0n) is 13.1. The Hall–Kier alpha value is -0.770. The van der Waals surface area contributed by atoms with Gasteiger partial charge in [-0.25, -0.2) is 0 Å². The van der Waals surface area contributed by atoms with Crippen LogP contribution in [0.4, 0.5) is 0 Å². The van der Waals surface area contributed by atoms with Crippen LogP contribution in [0.1, 0.15) is 39.7 Å². The summed E-state index contributed by atoms with van der Waals surface area (Å²) in [5, 5.41) is 4.02. The van der Waals surface area contributed by atoms with Gasteiger partial charge in [-0.3, -0.25) is 0 Å². The normalized spacial score (nSPS) is 11.9. The highest BCUT2D eigenvalue weighted by molar-refractivity contribution is 6.32. The molecule has 0 bridgehead atoms. The number of halogens is 1. The van der Waals surface area contributed by atoms with E-state index in [1.54, 1.807) is 7.11 Å². The molecule has 0 amide bonds. The van der Waals surface area contributed by atoms with Gasteiger partial charge in [-0.05, 0) is 31.5 Å². The van der Waals surface area contributed by atoms with Crippen LogP contribution in [-0.4, -0.2) is 25.4 Å². The molecule has 0 aromatic heterocycles. The molecule has 0 fully saturated rings. The van der Waals surface area contributed by atoms with E-state index in [4.69, 9.17) is 21.1 Å². The predicted molar refractivity (Wildman–Crippen MR) is 84.6 cm³/mol. The minimum atomic E-state index is -0.173. The molecule has 0 aliphatic carbocycles. The smallest absolute Gasteiger partial charge is 0.137 e. The van der Waals surface area contributed by atoms with Gasteiger partial charge in [0.25, 0.3) is 0 Å². The minimum Gasteiger partial charge on any atom is -0.492 e. The van der Waals surface area contributed by atoms with Crippen LogP contribution in [0, 0.1) is 0 Å². The molecule has 1 N–H and O–H groups in total. The first-order chi connectivity index (χ1) is 9.34. The van der Waals surface area contributed by atoms with Crippen LogP contribution in [0.2, 0.25) is 5.02 Å². The van der Waals surface area contributed by atoms with Crippen molar-refractivity contribution in [3.63, 3.8) is 0 Å². The number of hydrogen-bond acceptors (Lipinski definition) is 3. The van der Waals surface area contributed by atoms with E-state index < -0.39 is 0 Å². The van der Waals surface area contributed by atoms with Gasteiger partial charge in [-0.1, -0.05) is 31.5 Å². The summed E-state index contributed by atoms with van der Waals surface area (Å²) in [6.07, 6.45) is 0.816. The monoisotopic (exact) mass is 299 g/mol. The zero-order valence-corrected chi connectivity index (χ0v) is 13.9. The van der Waals surface area contributed by atoms with Crippen LogP contribution in [0.25, 0.3) is 0 Å². The first kappa shape index (κ1) is 17.3. The third kappa shape index (κ3) is 6.12. The van der Waals surface area contributed by atoms with Crippen LogP contribution in [0.5, 0.6) is 5.75 Å². The highest BCUT2D eigenvalue weighted by atomic mass is 35.5. The fourth-order valence-corrected chi connectivity index (χ4v) is 1.86. The highest BCUT2D eigenvalue weighted by Crippen LogP contribution is 2.26. The number of nitrogens with one attached hydrogen (secondary N) is 1. The van der Waals surface area contributed by atoms with Crippen molar-refractivity contribution in [3.05, 3.63) is 28.8 Å². The Kier molecular flexibility index (Phi) is 6.80. The molecule has 20 heavy (non-hydrogen) atoms. The molecule has 0 aliphatic rings. The largest absolute Gasteiger partial charge is 0.492 e. The number of ether oxygens (including phenoxy) is 2. The number of rotatable bonds is 8. The van der Waals surface area contributed by atoms with E-state index in [1.165, 1.54) is 0 Å². The van der Waals surface area contributed by atoms with E-state index in [-0.39, 0.29) is 5.60 Å². The Labute approximate surface area is 127 Å². The van der Waals surface area contributed by atoms with Crippen molar-refractivity contribution in [3.8, 4) is 5.75 Å². The average molecular weight is 300 g/mol. The second-order valence-corrected chi connectivity index (χ2v) is 6.27. The van der Waals surface area contributed by atoms with Crippen molar-refractivity contribution in [1.82, 2.24) is 5.32 Å². The van der Waals surface area contributed by atoms with Gasteiger partial charge in [0.1, 0.15) is 5.75 Å². The van der Waals surface area contributed by atoms with E-state index in [9.17, 15) is 0 Å². The van der Waals surface area contributed by atoms with Gasteiger partial charge in [-0.15, -0.1) is 0 Å². The van der Waals surface area contributed by atoms with Crippen molar-refractivity contribution in [1.29, 1.82) is 0 Å². The maximum Gasteiger partial charge on any atom is 0.137 e. The lowest BCUT2D eigenvalue weighted by Crippen LogP contribution is -2.25. The van der Waals surface area contributed by atoms with Crippen molar-refractivity contribution < 1.29 is 9.47 Å². The maximum absolute atomic E-state index is 6.24. The molecule has 0 atom stereocenters. The summed E-state index contributed by atoms with van der Waals surface area (Å²) >= 11 is 6.24. The van der Waals surface area contributed by atoms with E-state index in [0.29, 0.717) is 17.7 Å². The van der Waals surface area contributed by atoms with Gasteiger partial charge >= 0.3 is 0 Å². The lowest BCUT2D eigenvalue weighted by Gasteiger charge is -2.22. The lowest BCUT2D eigenvalue weighted by molar-refractivity contribution is 0.00546. The van der Waals surface area contributed by atoms with Crippen LogP contribution < -0.4 is 10.1 Å². The molecule has 0 saturated carbocycles. The molecule has 0 heterocycles. The summed E-state index contributed by atoms with van der Waals surface area (Å²) in [6, 6.07) is 6.38. The van der Waals surface area contributed by atoms with E-state index >= 15 is 0 Å². The Morgan fingerprint density at radius 1 is 1.30 bits per heavy atom. The third-order valence-electron chi connectivity index (χ3n) is 3.23. The summed E-state index contributed by atoms with van der Waals surface area (Å²) < 4.78 is 11.1. The molecule has 3 nitrogen and oxygen atoms in total. The average Bonchev–Trinajstić information content (AvgIpc) is 2.38. The third-order valence-corrected chi connectivity index (χ3v) is 3.52. The summed E-state index contributed by atoms with van der Waals surface area (Å²) in [6.45, 7) is 9.73. The quantitative estimate of drug-likeness (QED) is 0.786. The first-order valence-electron chi connectivity index (χ1n) is 7.04. The Bertz CT molecular complexity index is 419. The standard InChI is InChI=1S/C16H26ClNO2/c1-12(2)18-11-13-6-7-15(14(17)10-13)20-9-8-16(3,4)19-5/h6-7,10,12,18H,8-9,11H2,1-5H3. The second-order valence-electron chi connectivity index (χ2n) is 5.86. The topological polar surface area (TPSA) is 30.5 Å². The molecular weight excluding hydrogens is 274 g/mol. The summed E-state index contributed by atoms with van der Waals surface area (Å²) in [4.78, 5) is 0. The molecule has 4 heteroatoms. The van der Waals surface area contributed by atoms with Crippen molar-refractivity contribution in [2.45, 2.75) is 52.3 Å². The van der Waals surface area contributed by atoms with Crippen molar-refractivity contribution in [2.24, 2.45) is 0 Å². The number of benzene rings is 1. The van der Waals surface area contributed by atoms with Crippen molar-refractivity contribution >= 4 is 11.6 Å². The van der Waals surface area contributed by atoms with E-state index in [2.05, 4.69) is 19.2 Å². The van der Waals surface area contributed by atoms with Gasteiger partial charge in [0, 0.05) is 26.1 Å². The van der Waals surface area contributed by atoms with Gasteiger partial charge in [-0.2, -0.15) is 0 Å². The van der Waals surface area contributed by atoms with Gasteiger partial charge in [0.15, 0.2) is 0 Å². The minimum absolute atomic E-state index is 0.173. The molecule has 0 saturated heterocycles.